The molecule has 0 atom stereocenters. The highest BCUT2D eigenvalue weighted by Crippen LogP contribution is 2.45. The van der Waals surface area contributed by atoms with Gasteiger partial charge < -0.3 is 4.90 Å². The largest absolute Gasteiger partial charge is 0.331 e. The molecule has 0 N–H and O–H groups in total. The predicted octanol–water partition coefficient (Wildman–Crippen LogP) is 2.64. The lowest BCUT2D eigenvalue weighted by molar-refractivity contribution is 0.456. The second-order valence-corrected chi connectivity index (χ2v) is 5.17. The molecule has 1 aliphatic heterocycles. The van der Waals surface area contributed by atoms with Crippen molar-refractivity contribution in [2.24, 2.45) is 9.98 Å². The SMILES string of the molecule is O=C=NC1(c2ccccc2N2C=NCC2)CCCC1. The van der Waals surface area contributed by atoms with Crippen LogP contribution in [0.3, 0.4) is 0 Å². The number of para-hydroxylation sites is 1. The Balaban J connectivity index is 2.08. The summed E-state index contributed by atoms with van der Waals surface area (Å²) in [6.07, 6.45) is 7.78. The average Bonchev–Trinajstić information content (AvgIpc) is 3.11. The van der Waals surface area contributed by atoms with Crippen molar-refractivity contribution in [2.75, 3.05) is 18.0 Å². The van der Waals surface area contributed by atoms with Crippen molar-refractivity contribution in [2.45, 2.75) is 31.2 Å². The van der Waals surface area contributed by atoms with Crippen LogP contribution in [0.4, 0.5) is 5.69 Å². The molecular weight excluding hydrogens is 238 g/mol. The lowest BCUT2D eigenvalue weighted by Gasteiger charge is -2.28. The zero-order valence-electron chi connectivity index (χ0n) is 10.9. The van der Waals surface area contributed by atoms with Crippen molar-refractivity contribution in [3.63, 3.8) is 0 Å². The third-order valence-corrected chi connectivity index (χ3v) is 4.10. The molecule has 1 aliphatic carbocycles. The molecule has 2 aliphatic rings. The van der Waals surface area contributed by atoms with Gasteiger partial charge in [-0.2, -0.15) is 4.99 Å². The van der Waals surface area contributed by atoms with Crippen LogP contribution in [0.5, 0.6) is 0 Å². The molecule has 1 saturated carbocycles. The fraction of sp³-hybridized carbons (Fsp3) is 0.467. The maximum atomic E-state index is 10.8. The number of rotatable bonds is 3. The quantitative estimate of drug-likeness (QED) is 0.615. The van der Waals surface area contributed by atoms with Gasteiger partial charge in [0.2, 0.25) is 6.08 Å². The first-order valence-electron chi connectivity index (χ1n) is 6.81. The summed E-state index contributed by atoms with van der Waals surface area (Å²) in [5.41, 5.74) is 1.91. The lowest BCUT2D eigenvalue weighted by atomic mass is 9.87. The monoisotopic (exact) mass is 255 g/mol. The molecule has 0 aromatic heterocycles. The molecule has 4 heteroatoms. The van der Waals surface area contributed by atoms with Gasteiger partial charge in [0.25, 0.3) is 0 Å². The molecule has 1 fully saturated rings. The molecule has 0 saturated heterocycles. The Labute approximate surface area is 112 Å². The third-order valence-electron chi connectivity index (χ3n) is 4.10. The van der Waals surface area contributed by atoms with E-state index in [1.54, 1.807) is 6.08 Å². The van der Waals surface area contributed by atoms with E-state index in [0.717, 1.165) is 50.0 Å². The van der Waals surface area contributed by atoms with Gasteiger partial charge in [0.1, 0.15) is 5.54 Å². The first kappa shape index (κ1) is 12.1. The van der Waals surface area contributed by atoms with Crippen LogP contribution in [-0.2, 0) is 10.3 Å². The summed E-state index contributed by atoms with van der Waals surface area (Å²) in [7, 11) is 0. The summed E-state index contributed by atoms with van der Waals surface area (Å²) in [5, 5.41) is 0. The first-order chi connectivity index (χ1) is 9.36. The van der Waals surface area contributed by atoms with E-state index >= 15 is 0 Å². The van der Waals surface area contributed by atoms with E-state index in [1.165, 1.54) is 0 Å². The molecule has 0 spiro atoms. The molecule has 1 heterocycles. The van der Waals surface area contributed by atoms with Crippen LogP contribution in [-0.4, -0.2) is 25.5 Å². The second kappa shape index (κ2) is 4.98. The normalized spacial score (nSPS) is 20.5. The topological polar surface area (TPSA) is 45.0 Å². The van der Waals surface area contributed by atoms with E-state index in [0.29, 0.717) is 0 Å². The number of carbonyl (C=O) groups excluding carboxylic acids is 1. The molecular formula is C15H17N3O. The average molecular weight is 255 g/mol. The fourth-order valence-corrected chi connectivity index (χ4v) is 3.17. The van der Waals surface area contributed by atoms with E-state index in [4.69, 9.17) is 0 Å². The van der Waals surface area contributed by atoms with Crippen LogP contribution in [0.25, 0.3) is 0 Å². The minimum Gasteiger partial charge on any atom is -0.331 e. The summed E-state index contributed by atoms with van der Waals surface area (Å²) in [6, 6.07) is 8.23. The fourth-order valence-electron chi connectivity index (χ4n) is 3.17. The summed E-state index contributed by atoms with van der Waals surface area (Å²) >= 11 is 0. The van der Waals surface area contributed by atoms with Gasteiger partial charge in [-0.1, -0.05) is 31.0 Å². The molecule has 1 aromatic rings. The number of hydrogen-bond donors (Lipinski definition) is 0. The van der Waals surface area contributed by atoms with Crippen molar-refractivity contribution in [1.82, 2.24) is 0 Å². The van der Waals surface area contributed by atoms with E-state index in [2.05, 4.69) is 27.0 Å². The molecule has 0 bridgehead atoms. The lowest BCUT2D eigenvalue weighted by Crippen LogP contribution is -2.26. The molecule has 0 unspecified atom stereocenters. The second-order valence-electron chi connectivity index (χ2n) is 5.17. The molecule has 0 radical (unpaired) electrons. The molecule has 4 nitrogen and oxygen atoms in total. The van der Waals surface area contributed by atoms with Crippen molar-refractivity contribution >= 4 is 18.1 Å². The smallest absolute Gasteiger partial charge is 0.235 e. The predicted molar refractivity (Wildman–Crippen MR) is 75.4 cm³/mol. The van der Waals surface area contributed by atoms with Gasteiger partial charge in [0, 0.05) is 17.8 Å². The number of benzene rings is 1. The van der Waals surface area contributed by atoms with Gasteiger partial charge in [0.05, 0.1) is 12.9 Å². The Hall–Kier alpha value is -1.93. The number of aliphatic imine (C=N–C) groups is 2. The van der Waals surface area contributed by atoms with Crippen molar-refractivity contribution < 1.29 is 4.79 Å². The van der Waals surface area contributed by atoms with E-state index in [-0.39, 0.29) is 5.54 Å². The van der Waals surface area contributed by atoms with Gasteiger partial charge in [-0.05, 0) is 18.9 Å². The van der Waals surface area contributed by atoms with E-state index < -0.39 is 0 Å². The Morgan fingerprint density at radius 2 is 2.05 bits per heavy atom. The number of anilines is 1. The van der Waals surface area contributed by atoms with Gasteiger partial charge in [-0.15, -0.1) is 0 Å². The van der Waals surface area contributed by atoms with Crippen LogP contribution in [0, 0.1) is 0 Å². The zero-order valence-corrected chi connectivity index (χ0v) is 10.9. The Morgan fingerprint density at radius 3 is 2.74 bits per heavy atom. The van der Waals surface area contributed by atoms with Crippen LogP contribution in [0.2, 0.25) is 0 Å². The minimum atomic E-state index is -0.366. The molecule has 19 heavy (non-hydrogen) atoms. The number of nitrogens with zero attached hydrogens (tertiary/aromatic N) is 3. The minimum absolute atomic E-state index is 0.366. The van der Waals surface area contributed by atoms with Crippen molar-refractivity contribution in [1.29, 1.82) is 0 Å². The highest BCUT2D eigenvalue weighted by atomic mass is 16.1. The highest BCUT2D eigenvalue weighted by Gasteiger charge is 2.38. The highest BCUT2D eigenvalue weighted by molar-refractivity contribution is 5.83. The molecule has 3 rings (SSSR count). The Bertz CT molecular complexity index is 540. The summed E-state index contributed by atoms with van der Waals surface area (Å²) in [5.74, 6) is 0. The molecule has 1 aromatic carbocycles. The van der Waals surface area contributed by atoms with Gasteiger partial charge in [-0.3, -0.25) is 4.99 Å². The van der Waals surface area contributed by atoms with Crippen molar-refractivity contribution in [3.8, 4) is 0 Å². The number of hydrogen-bond acceptors (Lipinski definition) is 4. The Morgan fingerprint density at radius 1 is 1.26 bits per heavy atom. The molecule has 0 amide bonds. The summed E-state index contributed by atoms with van der Waals surface area (Å²) < 4.78 is 0. The summed E-state index contributed by atoms with van der Waals surface area (Å²) in [4.78, 5) is 21.4. The van der Waals surface area contributed by atoms with Gasteiger partial charge in [0.15, 0.2) is 0 Å². The maximum Gasteiger partial charge on any atom is 0.235 e. The van der Waals surface area contributed by atoms with Crippen LogP contribution in [0.15, 0.2) is 34.3 Å². The van der Waals surface area contributed by atoms with E-state index in [1.807, 2.05) is 18.5 Å². The third kappa shape index (κ3) is 2.08. The number of isocyanates is 1. The van der Waals surface area contributed by atoms with Crippen molar-refractivity contribution in [3.05, 3.63) is 29.8 Å². The maximum absolute atomic E-state index is 10.8. The summed E-state index contributed by atoms with van der Waals surface area (Å²) in [6.45, 7) is 1.73. The van der Waals surface area contributed by atoms with Gasteiger partial charge in [-0.25, -0.2) is 4.79 Å². The van der Waals surface area contributed by atoms with Crippen LogP contribution < -0.4 is 4.90 Å². The zero-order chi connectivity index (χ0) is 13.1. The van der Waals surface area contributed by atoms with Crippen LogP contribution >= 0.6 is 0 Å². The Kier molecular flexibility index (Phi) is 3.18. The first-order valence-corrected chi connectivity index (χ1v) is 6.81. The van der Waals surface area contributed by atoms with E-state index in [9.17, 15) is 4.79 Å². The van der Waals surface area contributed by atoms with Crippen LogP contribution in [0.1, 0.15) is 31.2 Å². The standard InChI is InChI=1S/C15H17N3O/c19-12-17-15(7-3-4-8-15)13-5-1-2-6-14(13)18-10-9-16-11-18/h1-2,5-6,11H,3-4,7-10H2. The van der Waals surface area contributed by atoms with Gasteiger partial charge >= 0.3 is 0 Å². The molecule has 98 valence electrons.